The van der Waals surface area contributed by atoms with E-state index >= 15 is 0 Å². The number of rotatable bonds is 5. The Morgan fingerprint density at radius 1 is 1.14 bits per heavy atom. The van der Waals surface area contributed by atoms with Crippen molar-refractivity contribution in [1.82, 2.24) is 30.0 Å². The number of amides is 1. The van der Waals surface area contributed by atoms with E-state index in [4.69, 9.17) is 4.74 Å². The molecule has 0 atom stereocenters. The van der Waals surface area contributed by atoms with Crippen molar-refractivity contribution in [2.75, 3.05) is 13.1 Å². The maximum Gasteiger partial charge on any atom is 0.408 e. The number of hydrogen-bond donors (Lipinski definition) is 3. The zero-order chi connectivity index (χ0) is 26.4. The smallest absolute Gasteiger partial charge is 0.408 e. The van der Waals surface area contributed by atoms with Crippen LogP contribution < -0.4 is 16.2 Å². The molecule has 10 heteroatoms. The summed E-state index contributed by atoms with van der Waals surface area (Å²) < 4.78 is 8.64. The number of carbonyl (C=O) groups is 1. The van der Waals surface area contributed by atoms with Gasteiger partial charge in [0, 0.05) is 12.6 Å². The third kappa shape index (κ3) is 5.00. The summed E-state index contributed by atoms with van der Waals surface area (Å²) in [6, 6.07) is 7.98. The van der Waals surface area contributed by atoms with Crippen LogP contribution >= 0.6 is 0 Å². The summed E-state index contributed by atoms with van der Waals surface area (Å²) in [7, 11) is 1.80. The van der Waals surface area contributed by atoms with Crippen LogP contribution in [0.1, 0.15) is 58.4 Å². The summed E-state index contributed by atoms with van der Waals surface area (Å²) in [5, 5.41) is 21.7. The molecule has 1 aliphatic heterocycles. The van der Waals surface area contributed by atoms with E-state index in [1.165, 1.54) is 10.9 Å². The lowest BCUT2D eigenvalue weighted by molar-refractivity contribution is -0.00629. The summed E-state index contributed by atoms with van der Waals surface area (Å²) in [5.41, 5.74) is 1.27. The monoisotopic (exact) mass is 508 g/mol. The molecule has 3 aromatic rings. The Hall–Kier alpha value is -3.24. The van der Waals surface area contributed by atoms with Gasteiger partial charge in [0.1, 0.15) is 11.1 Å². The van der Waals surface area contributed by atoms with E-state index < -0.39 is 22.8 Å². The van der Waals surface area contributed by atoms with Crippen molar-refractivity contribution in [1.29, 1.82) is 0 Å². The van der Waals surface area contributed by atoms with Gasteiger partial charge in [0.05, 0.1) is 29.7 Å². The number of alkyl carbamates (subject to hydrolysis) is 1. The Bertz CT molecular complexity index is 1360. The van der Waals surface area contributed by atoms with Crippen LogP contribution in [-0.2, 0) is 23.9 Å². The number of nitrogens with one attached hydrogen (secondary N) is 2. The first kappa shape index (κ1) is 25.4. The number of carbonyl (C=O) groups excluding carboxylic acids is 1. The number of fused-ring (bicyclic) bond motifs is 1. The Morgan fingerprint density at radius 3 is 2.41 bits per heavy atom. The van der Waals surface area contributed by atoms with Gasteiger partial charge < -0.3 is 20.5 Å². The maximum absolute atomic E-state index is 13.2. The summed E-state index contributed by atoms with van der Waals surface area (Å²) in [6.45, 7) is 7.20. The highest BCUT2D eigenvalue weighted by Crippen LogP contribution is 2.42. The number of aryl methyl sites for hydroxylation is 1. The normalized spacial score (nSPS) is 18.8. The summed E-state index contributed by atoms with van der Waals surface area (Å²) >= 11 is 0. The molecule has 5 rings (SSSR count). The fourth-order valence-electron chi connectivity index (χ4n) is 5.36. The molecule has 2 aromatic heterocycles. The minimum Gasteiger partial charge on any atom is -0.444 e. The number of piperidine rings is 1. The average molecular weight is 509 g/mol. The number of nitrogens with zero attached hydrogens (tertiary/aromatic N) is 4. The Morgan fingerprint density at radius 2 is 1.81 bits per heavy atom. The molecule has 0 unspecified atom stereocenters. The third-order valence-electron chi connectivity index (χ3n) is 7.47. The van der Waals surface area contributed by atoms with E-state index in [0.29, 0.717) is 18.4 Å². The Balaban J connectivity index is 1.41. The van der Waals surface area contributed by atoms with Crippen molar-refractivity contribution in [3.63, 3.8) is 0 Å². The van der Waals surface area contributed by atoms with Crippen LogP contribution in [0.5, 0.6) is 0 Å². The first-order valence-electron chi connectivity index (χ1n) is 13.0. The number of aromatic nitrogens is 4. The highest BCUT2D eigenvalue weighted by atomic mass is 16.6. The van der Waals surface area contributed by atoms with Crippen LogP contribution in [-0.4, -0.2) is 54.8 Å². The second-order valence-corrected chi connectivity index (χ2v) is 11.5. The van der Waals surface area contributed by atoms with Crippen molar-refractivity contribution in [3.05, 3.63) is 46.5 Å². The SMILES string of the molecule is Cn1nc2c(=O)n(CC3(O)CCNCC3)cnc2c1-c1ccc(C2(NC(=O)OC(C)(C)C)CCC2)cc1. The molecule has 3 heterocycles. The van der Waals surface area contributed by atoms with Crippen molar-refractivity contribution in [3.8, 4) is 11.3 Å². The molecule has 1 saturated heterocycles. The minimum atomic E-state index is -0.928. The fourth-order valence-corrected chi connectivity index (χ4v) is 5.36. The summed E-state index contributed by atoms with van der Waals surface area (Å²) in [5.74, 6) is 0. The highest BCUT2D eigenvalue weighted by molar-refractivity contribution is 5.89. The fraction of sp³-hybridized carbons (Fsp3) is 0.556. The van der Waals surface area contributed by atoms with E-state index in [9.17, 15) is 14.7 Å². The number of ether oxygens (including phenoxy) is 1. The molecule has 0 bridgehead atoms. The van der Waals surface area contributed by atoms with Crippen molar-refractivity contribution >= 4 is 17.1 Å². The third-order valence-corrected chi connectivity index (χ3v) is 7.47. The molecule has 0 spiro atoms. The molecule has 1 amide bonds. The van der Waals surface area contributed by atoms with Gasteiger partial charge in [-0.1, -0.05) is 24.3 Å². The lowest BCUT2D eigenvalue weighted by Crippen LogP contribution is -2.52. The predicted octanol–water partition coefficient (Wildman–Crippen LogP) is 2.82. The van der Waals surface area contributed by atoms with Crippen LogP contribution in [0.15, 0.2) is 35.4 Å². The molecule has 1 aliphatic carbocycles. The van der Waals surface area contributed by atoms with Crippen LogP contribution in [0, 0.1) is 0 Å². The summed E-state index contributed by atoms with van der Waals surface area (Å²) in [4.78, 5) is 30.3. The Labute approximate surface area is 216 Å². The number of hydrogen-bond acceptors (Lipinski definition) is 7. The molecule has 2 aliphatic rings. The zero-order valence-corrected chi connectivity index (χ0v) is 22.0. The largest absolute Gasteiger partial charge is 0.444 e. The number of benzene rings is 1. The molecule has 3 N–H and O–H groups in total. The maximum atomic E-state index is 13.2. The molecule has 0 radical (unpaired) electrons. The van der Waals surface area contributed by atoms with Crippen molar-refractivity contribution in [2.24, 2.45) is 7.05 Å². The van der Waals surface area contributed by atoms with E-state index in [-0.39, 0.29) is 17.6 Å². The molecule has 198 valence electrons. The lowest BCUT2D eigenvalue weighted by Gasteiger charge is -2.43. The minimum absolute atomic E-state index is 0.198. The quantitative estimate of drug-likeness (QED) is 0.484. The lowest BCUT2D eigenvalue weighted by atomic mass is 9.71. The van der Waals surface area contributed by atoms with Crippen molar-refractivity contribution < 1.29 is 14.6 Å². The molecule has 10 nitrogen and oxygen atoms in total. The van der Waals surface area contributed by atoms with E-state index in [1.807, 2.05) is 45.0 Å². The van der Waals surface area contributed by atoms with Gasteiger partial charge in [-0.3, -0.25) is 14.0 Å². The Kier molecular flexibility index (Phi) is 6.35. The first-order valence-corrected chi connectivity index (χ1v) is 13.0. The molecule has 37 heavy (non-hydrogen) atoms. The second-order valence-electron chi connectivity index (χ2n) is 11.5. The van der Waals surface area contributed by atoms with Crippen LogP contribution in [0.25, 0.3) is 22.3 Å². The zero-order valence-electron chi connectivity index (χ0n) is 22.0. The van der Waals surface area contributed by atoms with Gasteiger partial charge in [-0.05, 0) is 71.5 Å². The van der Waals surface area contributed by atoms with Crippen LogP contribution in [0.3, 0.4) is 0 Å². The first-order chi connectivity index (χ1) is 17.5. The van der Waals surface area contributed by atoms with Gasteiger partial charge in [0.25, 0.3) is 5.56 Å². The molecule has 2 fully saturated rings. The molecular formula is C27H36N6O4. The molecular weight excluding hydrogens is 472 g/mol. The highest BCUT2D eigenvalue weighted by Gasteiger charge is 2.41. The van der Waals surface area contributed by atoms with Crippen LogP contribution in [0.4, 0.5) is 4.79 Å². The van der Waals surface area contributed by atoms with Crippen molar-refractivity contribution in [2.45, 2.75) is 76.2 Å². The summed E-state index contributed by atoms with van der Waals surface area (Å²) in [6.07, 6.45) is 5.00. The van der Waals surface area contributed by atoms with E-state index in [2.05, 4.69) is 20.7 Å². The van der Waals surface area contributed by atoms with Gasteiger partial charge in [0.15, 0.2) is 5.52 Å². The van der Waals surface area contributed by atoms with E-state index in [0.717, 1.165) is 49.2 Å². The van der Waals surface area contributed by atoms with Gasteiger partial charge >= 0.3 is 6.09 Å². The second kappa shape index (κ2) is 9.25. The molecule has 1 saturated carbocycles. The standard InChI is InChI=1S/C27H36N6O4/c1-25(2,3)37-24(35)30-27(10-5-11-27)19-8-6-18(7-9-19)22-20-21(31-32(22)4)23(34)33(17-29-20)16-26(36)12-14-28-15-13-26/h6-9,17,28,36H,5,10-16H2,1-4H3,(H,30,35). The van der Waals surface area contributed by atoms with Gasteiger partial charge in [-0.2, -0.15) is 5.10 Å². The predicted molar refractivity (Wildman–Crippen MR) is 140 cm³/mol. The van der Waals surface area contributed by atoms with Crippen LogP contribution in [0.2, 0.25) is 0 Å². The van der Waals surface area contributed by atoms with Gasteiger partial charge in [-0.15, -0.1) is 0 Å². The average Bonchev–Trinajstić information content (AvgIpc) is 3.14. The van der Waals surface area contributed by atoms with Gasteiger partial charge in [0.2, 0.25) is 0 Å². The topological polar surface area (TPSA) is 123 Å². The van der Waals surface area contributed by atoms with Gasteiger partial charge in [-0.25, -0.2) is 9.78 Å². The number of aliphatic hydroxyl groups is 1. The molecule has 1 aromatic carbocycles. The van der Waals surface area contributed by atoms with E-state index in [1.54, 1.807) is 11.7 Å².